The molecule has 0 bridgehead atoms. The Morgan fingerprint density at radius 3 is 2.46 bits per heavy atom. The highest BCUT2D eigenvalue weighted by Crippen LogP contribution is 2.12. The predicted molar refractivity (Wildman–Crippen MR) is 89.4 cm³/mol. The van der Waals surface area contributed by atoms with Crippen LogP contribution in [0.2, 0.25) is 0 Å². The molecule has 0 radical (unpaired) electrons. The zero-order valence-electron chi connectivity index (χ0n) is 14.0. The number of rotatable bonds is 5. The fourth-order valence-corrected chi connectivity index (χ4v) is 2.64. The van der Waals surface area contributed by atoms with Gasteiger partial charge in [-0.15, -0.1) is 0 Å². The molecule has 0 atom stereocenters. The molecular formula is C17H20N6O. The van der Waals surface area contributed by atoms with E-state index in [9.17, 15) is 4.79 Å². The summed E-state index contributed by atoms with van der Waals surface area (Å²) < 4.78 is 3.49. The van der Waals surface area contributed by atoms with Crippen LogP contribution in [0.25, 0.3) is 0 Å². The minimum Gasteiger partial charge on any atom is -0.348 e. The Kier molecular flexibility index (Phi) is 4.41. The third kappa shape index (κ3) is 3.34. The Labute approximate surface area is 140 Å². The fraction of sp³-hybridized carbons (Fsp3) is 0.294. The maximum absolute atomic E-state index is 12.4. The standard InChI is InChI=1S/C17H20N6O/c1-12-16(13(2)22(3)21-12)17(24)19-8-14-4-6-15(7-5-14)9-23-11-18-10-20-23/h4-7,10-11H,8-9H2,1-3H3,(H,19,24). The van der Waals surface area contributed by atoms with Crippen molar-refractivity contribution in [3.63, 3.8) is 0 Å². The smallest absolute Gasteiger partial charge is 0.255 e. The van der Waals surface area contributed by atoms with Gasteiger partial charge < -0.3 is 5.32 Å². The Morgan fingerprint density at radius 2 is 1.88 bits per heavy atom. The molecule has 0 saturated carbocycles. The van der Waals surface area contributed by atoms with Crippen molar-refractivity contribution < 1.29 is 4.79 Å². The van der Waals surface area contributed by atoms with Crippen LogP contribution in [0.5, 0.6) is 0 Å². The molecule has 1 aromatic carbocycles. The van der Waals surface area contributed by atoms with E-state index in [1.807, 2.05) is 45.2 Å². The lowest BCUT2D eigenvalue weighted by atomic mass is 10.1. The molecule has 0 spiro atoms. The van der Waals surface area contributed by atoms with Crippen LogP contribution in [0.4, 0.5) is 0 Å². The second-order valence-electron chi connectivity index (χ2n) is 5.76. The van der Waals surface area contributed by atoms with Gasteiger partial charge in [0.15, 0.2) is 0 Å². The lowest BCUT2D eigenvalue weighted by Crippen LogP contribution is -2.24. The van der Waals surface area contributed by atoms with Crippen LogP contribution in [-0.2, 0) is 20.1 Å². The van der Waals surface area contributed by atoms with E-state index in [2.05, 4.69) is 20.5 Å². The fourth-order valence-electron chi connectivity index (χ4n) is 2.64. The maximum Gasteiger partial charge on any atom is 0.255 e. The first kappa shape index (κ1) is 15.9. The molecule has 2 aromatic heterocycles. The number of hydrogen-bond acceptors (Lipinski definition) is 4. The zero-order chi connectivity index (χ0) is 17.1. The number of nitrogens with one attached hydrogen (secondary N) is 1. The van der Waals surface area contributed by atoms with E-state index in [1.54, 1.807) is 15.7 Å². The van der Waals surface area contributed by atoms with Crippen LogP contribution in [0, 0.1) is 13.8 Å². The molecule has 0 aliphatic carbocycles. The largest absolute Gasteiger partial charge is 0.348 e. The molecular weight excluding hydrogens is 304 g/mol. The molecule has 3 rings (SSSR count). The Morgan fingerprint density at radius 1 is 1.17 bits per heavy atom. The van der Waals surface area contributed by atoms with E-state index < -0.39 is 0 Å². The van der Waals surface area contributed by atoms with Crippen LogP contribution >= 0.6 is 0 Å². The monoisotopic (exact) mass is 324 g/mol. The molecule has 1 N–H and O–H groups in total. The van der Waals surface area contributed by atoms with Gasteiger partial charge in [0.2, 0.25) is 0 Å². The average Bonchev–Trinajstić information content (AvgIpc) is 3.15. The van der Waals surface area contributed by atoms with Crippen LogP contribution in [0.3, 0.4) is 0 Å². The molecule has 3 aromatic rings. The molecule has 0 unspecified atom stereocenters. The molecule has 2 heterocycles. The van der Waals surface area contributed by atoms with Crippen molar-refractivity contribution in [2.45, 2.75) is 26.9 Å². The van der Waals surface area contributed by atoms with Gasteiger partial charge in [0, 0.05) is 19.3 Å². The molecule has 7 heteroatoms. The van der Waals surface area contributed by atoms with E-state index in [0.717, 1.165) is 22.5 Å². The second kappa shape index (κ2) is 6.66. The summed E-state index contributed by atoms with van der Waals surface area (Å²) in [7, 11) is 1.84. The first-order valence-corrected chi connectivity index (χ1v) is 7.73. The zero-order valence-corrected chi connectivity index (χ0v) is 14.0. The quantitative estimate of drug-likeness (QED) is 0.773. The summed E-state index contributed by atoms with van der Waals surface area (Å²) >= 11 is 0. The first-order valence-electron chi connectivity index (χ1n) is 7.73. The molecule has 7 nitrogen and oxygen atoms in total. The number of nitrogens with zero attached hydrogens (tertiary/aromatic N) is 5. The number of hydrogen-bond donors (Lipinski definition) is 1. The third-order valence-corrected chi connectivity index (χ3v) is 4.02. The van der Waals surface area contributed by atoms with Crippen molar-refractivity contribution in [1.29, 1.82) is 0 Å². The van der Waals surface area contributed by atoms with Gasteiger partial charge in [0.1, 0.15) is 12.7 Å². The summed E-state index contributed by atoms with van der Waals surface area (Å²) in [4.78, 5) is 16.3. The van der Waals surface area contributed by atoms with Gasteiger partial charge in [-0.05, 0) is 25.0 Å². The van der Waals surface area contributed by atoms with Crippen LogP contribution < -0.4 is 5.32 Å². The lowest BCUT2D eigenvalue weighted by molar-refractivity contribution is 0.0949. The van der Waals surface area contributed by atoms with Crippen LogP contribution in [0.15, 0.2) is 36.9 Å². The molecule has 124 valence electrons. The topological polar surface area (TPSA) is 77.6 Å². The van der Waals surface area contributed by atoms with Crippen molar-refractivity contribution in [3.8, 4) is 0 Å². The molecule has 0 fully saturated rings. The maximum atomic E-state index is 12.4. The summed E-state index contributed by atoms with van der Waals surface area (Å²) in [5, 5.41) is 11.3. The average molecular weight is 324 g/mol. The molecule has 0 aliphatic heterocycles. The Hall–Kier alpha value is -2.96. The van der Waals surface area contributed by atoms with Crippen molar-refractivity contribution >= 4 is 5.91 Å². The number of carbonyl (C=O) groups excluding carboxylic acids is 1. The summed E-state index contributed by atoms with van der Waals surface area (Å²) in [6.07, 6.45) is 3.21. The Bertz CT molecular complexity index is 833. The minimum atomic E-state index is -0.0928. The SMILES string of the molecule is Cc1nn(C)c(C)c1C(=O)NCc1ccc(Cn2cncn2)cc1. The Balaban J connectivity index is 1.61. The number of benzene rings is 1. The van der Waals surface area contributed by atoms with Gasteiger partial charge in [-0.3, -0.25) is 9.48 Å². The highest BCUT2D eigenvalue weighted by atomic mass is 16.1. The van der Waals surface area contributed by atoms with E-state index in [0.29, 0.717) is 18.7 Å². The predicted octanol–water partition coefficient (Wildman–Crippen LogP) is 1.61. The highest BCUT2D eigenvalue weighted by Gasteiger charge is 2.16. The van der Waals surface area contributed by atoms with E-state index in [1.165, 1.54) is 6.33 Å². The van der Waals surface area contributed by atoms with E-state index in [-0.39, 0.29) is 5.91 Å². The third-order valence-electron chi connectivity index (χ3n) is 4.02. The summed E-state index contributed by atoms with van der Waals surface area (Å²) in [5.74, 6) is -0.0928. The molecule has 0 saturated heterocycles. The van der Waals surface area contributed by atoms with Gasteiger partial charge in [-0.25, -0.2) is 9.67 Å². The number of amides is 1. The second-order valence-corrected chi connectivity index (χ2v) is 5.76. The minimum absolute atomic E-state index is 0.0928. The van der Waals surface area contributed by atoms with Crippen molar-refractivity contribution in [2.75, 3.05) is 0 Å². The lowest BCUT2D eigenvalue weighted by Gasteiger charge is -2.07. The molecule has 24 heavy (non-hydrogen) atoms. The normalized spacial score (nSPS) is 10.8. The first-order chi connectivity index (χ1) is 11.5. The summed E-state index contributed by atoms with van der Waals surface area (Å²) in [6.45, 7) is 4.91. The van der Waals surface area contributed by atoms with Gasteiger partial charge >= 0.3 is 0 Å². The van der Waals surface area contributed by atoms with Gasteiger partial charge in [0.25, 0.3) is 5.91 Å². The highest BCUT2D eigenvalue weighted by molar-refractivity contribution is 5.96. The van der Waals surface area contributed by atoms with Gasteiger partial charge in [-0.1, -0.05) is 24.3 Å². The van der Waals surface area contributed by atoms with Crippen molar-refractivity contribution in [2.24, 2.45) is 7.05 Å². The molecule has 0 aliphatic rings. The summed E-state index contributed by atoms with van der Waals surface area (Å²) in [6, 6.07) is 8.08. The van der Waals surface area contributed by atoms with Gasteiger partial charge in [0.05, 0.1) is 17.8 Å². The van der Waals surface area contributed by atoms with Crippen LogP contribution in [-0.4, -0.2) is 30.5 Å². The number of aryl methyl sites for hydroxylation is 2. The van der Waals surface area contributed by atoms with Gasteiger partial charge in [-0.2, -0.15) is 10.2 Å². The van der Waals surface area contributed by atoms with Crippen LogP contribution in [0.1, 0.15) is 32.9 Å². The van der Waals surface area contributed by atoms with E-state index in [4.69, 9.17) is 0 Å². The van der Waals surface area contributed by atoms with Crippen molar-refractivity contribution in [3.05, 3.63) is 65.0 Å². The molecule has 1 amide bonds. The van der Waals surface area contributed by atoms with E-state index >= 15 is 0 Å². The number of carbonyl (C=O) groups is 1. The number of aromatic nitrogens is 5. The van der Waals surface area contributed by atoms with Crippen molar-refractivity contribution in [1.82, 2.24) is 29.9 Å². The summed E-state index contributed by atoms with van der Waals surface area (Å²) in [5.41, 5.74) is 4.45.